The largest absolute Gasteiger partial charge is 0.310 e. The minimum absolute atomic E-state index is 0.395. The normalized spacial score (nSPS) is 11.2. The molecule has 0 unspecified atom stereocenters. The van der Waals surface area contributed by atoms with Crippen LogP contribution in [0.3, 0.4) is 0 Å². The first kappa shape index (κ1) is 47.1. The monoisotopic (exact) mass is 1020 g/mol. The summed E-state index contributed by atoms with van der Waals surface area (Å²) in [7, 11) is 0. The first-order chi connectivity index (χ1) is 39.6. The van der Waals surface area contributed by atoms with Crippen LogP contribution in [0.4, 0.5) is 39.8 Å². The van der Waals surface area contributed by atoms with Gasteiger partial charge in [-0.3, -0.25) is 4.57 Å². The van der Waals surface area contributed by atoms with Gasteiger partial charge in [-0.1, -0.05) is 146 Å². The molecule has 0 aliphatic rings. The van der Waals surface area contributed by atoms with Crippen molar-refractivity contribution in [3.63, 3.8) is 0 Å². The number of benzene rings is 11. The van der Waals surface area contributed by atoms with E-state index < -0.39 is 0 Å². The van der Waals surface area contributed by atoms with Crippen LogP contribution in [0.15, 0.2) is 273 Å². The van der Waals surface area contributed by atoms with E-state index in [4.69, 9.17) is 21.5 Å². The van der Waals surface area contributed by atoms with Crippen LogP contribution in [-0.2, 0) is 0 Å². The van der Waals surface area contributed by atoms with E-state index in [9.17, 15) is 5.26 Å². The van der Waals surface area contributed by atoms with E-state index in [1.54, 1.807) is 0 Å². The Bertz CT molecular complexity index is 4470. The Morgan fingerprint density at radius 1 is 0.362 bits per heavy atom. The molecule has 14 aromatic rings. The van der Waals surface area contributed by atoms with Crippen LogP contribution in [-0.4, -0.2) is 24.1 Å². The molecule has 3 aromatic heterocycles. The van der Waals surface area contributed by atoms with Gasteiger partial charge >= 0.3 is 0 Å². The van der Waals surface area contributed by atoms with Gasteiger partial charge in [0.25, 0.3) is 0 Å². The summed E-state index contributed by atoms with van der Waals surface area (Å²) in [6, 6.07) is 95.7. The van der Waals surface area contributed by atoms with Crippen molar-refractivity contribution < 1.29 is 0 Å². The zero-order valence-electron chi connectivity index (χ0n) is 43.0. The Kier molecular flexibility index (Phi) is 11.7. The highest BCUT2D eigenvalue weighted by atomic mass is 15.2. The summed E-state index contributed by atoms with van der Waals surface area (Å²) in [4.78, 5) is 24.8. The predicted octanol–water partition coefficient (Wildman–Crippen LogP) is 18.4. The van der Waals surface area contributed by atoms with Crippen LogP contribution in [0.25, 0.3) is 94.0 Å². The van der Waals surface area contributed by atoms with E-state index in [-0.39, 0.29) is 0 Å². The molecule has 0 saturated heterocycles. The Labute approximate surface area is 461 Å². The third-order valence-electron chi connectivity index (χ3n) is 14.7. The number of nitriles is 1. The summed E-state index contributed by atoms with van der Waals surface area (Å²) in [5, 5.41) is 14.0. The molecule has 0 saturated carbocycles. The van der Waals surface area contributed by atoms with Gasteiger partial charge in [-0.05, 0) is 139 Å². The SMILES string of the molecule is [C-]#[N+]c1ccc(-n2c3ccc(N(c4ccccc4)c4ccccc4)cc3c3cc(N(c4ccccc4)c4ccccc4)ccc32)c(-c2nc(-c3cccc(-c4cccc(C#N)c4)c3)nc(-n3c4ccccc4c4ccccc43)n2)c1. The number of para-hydroxylation sites is 6. The van der Waals surface area contributed by atoms with Crippen LogP contribution < -0.4 is 9.80 Å². The fourth-order valence-corrected chi connectivity index (χ4v) is 11.2. The van der Waals surface area contributed by atoms with E-state index in [2.05, 4.69) is 206 Å². The lowest BCUT2D eigenvalue weighted by Gasteiger charge is -2.26. The van der Waals surface area contributed by atoms with Gasteiger partial charge < -0.3 is 14.4 Å². The second kappa shape index (κ2) is 20.0. The van der Waals surface area contributed by atoms with Crippen molar-refractivity contribution in [3.05, 3.63) is 290 Å². The first-order valence-corrected chi connectivity index (χ1v) is 26.4. The van der Waals surface area contributed by atoms with Crippen LogP contribution in [0, 0.1) is 17.9 Å². The molecule has 0 aliphatic carbocycles. The lowest BCUT2D eigenvalue weighted by Crippen LogP contribution is -2.09. The molecule has 0 radical (unpaired) electrons. The fraction of sp³-hybridized carbons (Fsp3) is 0. The van der Waals surface area contributed by atoms with Crippen LogP contribution in [0.5, 0.6) is 0 Å². The van der Waals surface area contributed by atoms with Crippen molar-refractivity contribution in [2.75, 3.05) is 9.80 Å². The maximum Gasteiger partial charge on any atom is 0.238 e. The van der Waals surface area contributed by atoms with E-state index in [1.165, 1.54) is 0 Å². The average molecular weight is 1020 g/mol. The van der Waals surface area contributed by atoms with Gasteiger partial charge in [-0.25, -0.2) is 9.83 Å². The Hall–Kier alpha value is -11.4. The molecule has 80 heavy (non-hydrogen) atoms. The molecule has 9 nitrogen and oxygen atoms in total. The van der Waals surface area contributed by atoms with Gasteiger partial charge in [0, 0.05) is 66.8 Å². The van der Waals surface area contributed by atoms with Crippen LogP contribution in [0.2, 0.25) is 0 Å². The quantitative estimate of drug-likeness (QED) is 0.120. The standard InChI is InChI=1S/C71H45N9/c1-73-52-36-39-68(63(44-52)70-74-69(51-23-19-22-50(43-51)49-21-18-20-48(42-49)47-72)75-71(76-70)80-64-34-16-14-32-59(64)60-33-15-17-35-65(60)80)79-66-40-37-57(77(53-24-6-2-7-25-53)54-26-8-3-9-27-54)45-61(66)62-46-58(38-41-67(62)79)78(55-28-10-4-11-29-55)56-30-12-5-13-31-56/h2-46H. The Morgan fingerprint density at radius 3 is 1.35 bits per heavy atom. The van der Waals surface area contributed by atoms with E-state index in [1.807, 2.05) is 97.1 Å². The minimum Gasteiger partial charge on any atom is -0.310 e. The maximum atomic E-state index is 9.83. The van der Waals surface area contributed by atoms with Gasteiger partial charge in [0.2, 0.25) is 5.95 Å². The van der Waals surface area contributed by atoms with Crippen molar-refractivity contribution in [2.45, 2.75) is 0 Å². The highest BCUT2D eigenvalue weighted by Crippen LogP contribution is 2.45. The fourth-order valence-electron chi connectivity index (χ4n) is 11.2. The van der Waals surface area contributed by atoms with Crippen molar-refractivity contribution in [1.29, 1.82) is 5.26 Å². The summed E-state index contributed by atoms with van der Waals surface area (Å²) in [5.74, 6) is 1.27. The van der Waals surface area contributed by atoms with E-state index in [0.29, 0.717) is 34.4 Å². The van der Waals surface area contributed by atoms with E-state index in [0.717, 1.165) is 100 Å². The van der Waals surface area contributed by atoms with Crippen LogP contribution in [0.1, 0.15) is 5.56 Å². The molecule has 14 rings (SSSR count). The topological polar surface area (TPSA) is 83.2 Å². The second-order valence-electron chi connectivity index (χ2n) is 19.5. The van der Waals surface area contributed by atoms with E-state index >= 15 is 0 Å². The maximum absolute atomic E-state index is 9.83. The van der Waals surface area contributed by atoms with Crippen molar-refractivity contribution >= 4 is 83.4 Å². The lowest BCUT2D eigenvalue weighted by atomic mass is 10.0. The molecule has 0 aliphatic heterocycles. The molecule has 11 aromatic carbocycles. The Morgan fingerprint density at radius 2 is 0.825 bits per heavy atom. The smallest absolute Gasteiger partial charge is 0.238 e. The number of nitrogens with zero attached hydrogens (tertiary/aromatic N) is 9. The molecule has 0 bridgehead atoms. The van der Waals surface area contributed by atoms with Crippen molar-refractivity contribution in [1.82, 2.24) is 24.1 Å². The molecule has 0 spiro atoms. The zero-order chi connectivity index (χ0) is 53.5. The summed E-state index contributed by atoms with van der Waals surface area (Å²) >= 11 is 0. The number of fused-ring (bicyclic) bond motifs is 6. The zero-order valence-corrected chi connectivity index (χ0v) is 43.0. The summed E-state index contributed by atoms with van der Waals surface area (Å²) in [6.07, 6.45) is 0. The molecular formula is C71H45N9. The Balaban J connectivity index is 1.04. The van der Waals surface area contributed by atoms with Gasteiger partial charge in [-0.2, -0.15) is 15.2 Å². The molecule has 9 heteroatoms. The third-order valence-corrected chi connectivity index (χ3v) is 14.7. The minimum atomic E-state index is 0.395. The average Bonchev–Trinajstić information content (AvgIpc) is 4.09. The van der Waals surface area contributed by atoms with Gasteiger partial charge in [0.05, 0.1) is 46.0 Å². The second-order valence-corrected chi connectivity index (χ2v) is 19.5. The summed E-state index contributed by atoms with van der Waals surface area (Å²) in [6.45, 7) is 8.40. The summed E-state index contributed by atoms with van der Waals surface area (Å²) in [5.41, 5.74) is 14.9. The number of anilines is 6. The number of rotatable bonds is 11. The molecule has 0 amide bonds. The van der Waals surface area contributed by atoms with Crippen LogP contribution >= 0.6 is 0 Å². The van der Waals surface area contributed by atoms with Gasteiger partial charge in [0.15, 0.2) is 17.3 Å². The number of aromatic nitrogens is 5. The number of hydrogen-bond acceptors (Lipinski definition) is 6. The highest BCUT2D eigenvalue weighted by molar-refractivity contribution is 6.13. The van der Waals surface area contributed by atoms with Gasteiger partial charge in [-0.15, -0.1) is 0 Å². The molecule has 374 valence electrons. The molecule has 0 atom stereocenters. The molecule has 3 heterocycles. The summed E-state index contributed by atoms with van der Waals surface area (Å²) < 4.78 is 4.40. The van der Waals surface area contributed by atoms with Gasteiger partial charge in [0.1, 0.15) is 0 Å². The van der Waals surface area contributed by atoms with Crippen molar-refractivity contribution in [3.8, 4) is 51.6 Å². The number of hydrogen-bond donors (Lipinski definition) is 0. The third kappa shape index (κ3) is 8.32. The first-order valence-electron chi connectivity index (χ1n) is 26.4. The molecule has 0 N–H and O–H groups in total. The molecule has 0 fully saturated rings. The predicted molar refractivity (Wildman–Crippen MR) is 325 cm³/mol. The lowest BCUT2D eigenvalue weighted by molar-refractivity contribution is 0.952. The highest BCUT2D eigenvalue weighted by Gasteiger charge is 2.25. The molecular weight excluding hydrogens is 979 g/mol. The van der Waals surface area contributed by atoms with Crippen molar-refractivity contribution in [2.24, 2.45) is 0 Å².